The summed E-state index contributed by atoms with van der Waals surface area (Å²) in [6, 6.07) is 16.8. The molecule has 4 aromatic rings. The third-order valence-electron chi connectivity index (χ3n) is 5.30. The average molecular weight is 388 g/mol. The standard InChI is InChI=1S/C23H21FN4O/c1-29-20-9-5-8-18(24)21(20)23-22(16-6-3-2-4-7-16)25-14-28(23)13-17-12-19(27-26-17)15-10-11-15/h2-9,12,14-15H,10-11,13H2,1H3,(H,26,27). The zero-order valence-corrected chi connectivity index (χ0v) is 16.1. The molecule has 2 aromatic carbocycles. The van der Waals surface area contributed by atoms with Crippen LogP contribution in [0.1, 0.15) is 30.1 Å². The van der Waals surface area contributed by atoms with Gasteiger partial charge in [0.2, 0.25) is 0 Å². The normalized spacial score (nSPS) is 13.6. The van der Waals surface area contributed by atoms with Gasteiger partial charge in [-0.15, -0.1) is 0 Å². The molecule has 0 radical (unpaired) electrons. The van der Waals surface area contributed by atoms with E-state index in [4.69, 9.17) is 4.74 Å². The molecule has 146 valence electrons. The van der Waals surface area contributed by atoms with Crippen LogP contribution in [0.25, 0.3) is 22.5 Å². The van der Waals surface area contributed by atoms with E-state index >= 15 is 0 Å². The summed E-state index contributed by atoms with van der Waals surface area (Å²) in [6.45, 7) is 0.520. The average Bonchev–Trinajstić information content (AvgIpc) is 3.37. The van der Waals surface area contributed by atoms with Gasteiger partial charge >= 0.3 is 0 Å². The van der Waals surface area contributed by atoms with Crippen molar-refractivity contribution in [2.75, 3.05) is 7.11 Å². The van der Waals surface area contributed by atoms with Gasteiger partial charge in [0.05, 0.1) is 48.3 Å². The molecule has 2 aromatic heterocycles. The molecule has 1 aliphatic rings. The Hall–Kier alpha value is -3.41. The van der Waals surface area contributed by atoms with Crippen molar-refractivity contribution in [3.8, 4) is 28.3 Å². The molecule has 5 rings (SSSR count). The Morgan fingerprint density at radius 3 is 2.72 bits per heavy atom. The van der Waals surface area contributed by atoms with Crippen molar-refractivity contribution in [1.29, 1.82) is 0 Å². The highest BCUT2D eigenvalue weighted by Crippen LogP contribution is 2.40. The second-order valence-corrected chi connectivity index (χ2v) is 7.35. The highest BCUT2D eigenvalue weighted by atomic mass is 19.1. The number of ether oxygens (including phenoxy) is 1. The quantitative estimate of drug-likeness (QED) is 0.505. The first-order valence-corrected chi connectivity index (χ1v) is 9.72. The first kappa shape index (κ1) is 17.7. The topological polar surface area (TPSA) is 55.7 Å². The van der Waals surface area contributed by atoms with Gasteiger partial charge in [-0.25, -0.2) is 9.37 Å². The van der Waals surface area contributed by atoms with Crippen molar-refractivity contribution in [3.05, 3.63) is 78.1 Å². The van der Waals surface area contributed by atoms with E-state index in [-0.39, 0.29) is 5.82 Å². The molecule has 0 aliphatic heterocycles. The van der Waals surface area contributed by atoms with Crippen molar-refractivity contribution in [2.45, 2.75) is 25.3 Å². The predicted molar refractivity (Wildman–Crippen MR) is 109 cm³/mol. The molecule has 0 saturated heterocycles. The number of H-pyrrole nitrogens is 1. The summed E-state index contributed by atoms with van der Waals surface area (Å²) >= 11 is 0. The molecule has 0 unspecified atom stereocenters. The van der Waals surface area contributed by atoms with E-state index in [0.29, 0.717) is 29.5 Å². The van der Waals surface area contributed by atoms with Crippen LogP contribution >= 0.6 is 0 Å². The molecular formula is C23H21FN4O. The van der Waals surface area contributed by atoms with Gasteiger partial charge in [0.25, 0.3) is 0 Å². The minimum atomic E-state index is -0.341. The van der Waals surface area contributed by atoms with Crippen molar-refractivity contribution >= 4 is 0 Å². The Bertz CT molecular complexity index is 1140. The minimum Gasteiger partial charge on any atom is -0.496 e. The molecule has 6 heteroatoms. The molecule has 1 aliphatic carbocycles. The fourth-order valence-corrected chi connectivity index (χ4v) is 3.71. The smallest absolute Gasteiger partial charge is 0.136 e. The van der Waals surface area contributed by atoms with Gasteiger partial charge in [0.1, 0.15) is 11.6 Å². The number of aromatic nitrogens is 4. The molecule has 0 atom stereocenters. The summed E-state index contributed by atoms with van der Waals surface area (Å²) in [5, 5.41) is 7.56. The second kappa shape index (κ2) is 7.20. The Labute approximate surface area is 168 Å². The van der Waals surface area contributed by atoms with Gasteiger partial charge in [0, 0.05) is 11.5 Å². The fourth-order valence-electron chi connectivity index (χ4n) is 3.71. The van der Waals surface area contributed by atoms with Crippen LogP contribution in [0.2, 0.25) is 0 Å². The molecule has 2 heterocycles. The van der Waals surface area contributed by atoms with Crippen LogP contribution in [0, 0.1) is 5.82 Å². The monoisotopic (exact) mass is 388 g/mol. The molecule has 0 amide bonds. The molecule has 1 N–H and O–H groups in total. The minimum absolute atomic E-state index is 0.341. The Morgan fingerprint density at radius 2 is 1.97 bits per heavy atom. The zero-order chi connectivity index (χ0) is 19.8. The van der Waals surface area contributed by atoms with Crippen molar-refractivity contribution in [1.82, 2.24) is 19.7 Å². The first-order valence-electron chi connectivity index (χ1n) is 9.72. The maximum atomic E-state index is 15.0. The van der Waals surface area contributed by atoms with E-state index in [0.717, 1.165) is 22.6 Å². The number of nitrogens with zero attached hydrogens (tertiary/aromatic N) is 3. The van der Waals surface area contributed by atoms with E-state index < -0.39 is 0 Å². The maximum Gasteiger partial charge on any atom is 0.136 e. The number of methoxy groups -OCH3 is 1. The summed E-state index contributed by atoms with van der Waals surface area (Å²) in [5.74, 6) is 0.715. The summed E-state index contributed by atoms with van der Waals surface area (Å²) in [4.78, 5) is 4.64. The number of imidazole rings is 1. The number of benzene rings is 2. The van der Waals surface area contributed by atoms with Gasteiger partial charge in [-0.05, 0) is 31.0 Å². The van der Waals surface area contributed by atoms with Gasteiger partial charge in [0.15, 0.2) is 0 Å². The first-order chi connectivity index (χ1) is 14.2. The molecule has 29 heavy (non-hydrogen) atoms. The Balaban J connectivity index is 1.64. The molecule has 0 spiro atoms. The van der Waals surface area contributed by atoms with E-state index in [9.17, 15) is 4.39 Å². The van der Waals surface area contributed by atoms with Gasteiger partial charge < -0.3 is 9.30 Å². The molecular weight excluding hydrogens is 367 g/mol. The van der Waals surface area contributed by atoms with Crippen LogP contribution in [-0.2, 0) is 6.54 Å². The fraction of sp³-hybridized carbons (Fsp3) is 0.217. The van der Waals surface area contributed by atoms with Crippen LogP contribution in [-0.4, -0.2) is 26.9 Å². The van der Waals surface area contributed by atoms with Gasteiger partial charge in [-0.2, -0.15) is 5.10 Å². The van der Waals surface area contributed by atoms with Crippen LogP contribution in [0.5, 0.6) is 5.75 Å². The van der Waals surface area contributed by atoms with Crippen molar-refractivity contribution in [2.24, 2.45) is 0 Å². The Kier molecular flexibility index (Phi) is 4.39. The summed E-state index contributed by atoms with van der Waals surface area (Å²) in [6.07, 6.45) is 4.15. The molecule has 1 saturated carbocycles. The van der Waals surface area contributed by atoms with Crippen molar-refractivity contribution < 1.29 is 9.13 Å². The number of hydrogen-bond acceptors (Lipinski definition) is 3. The number of halogens is 1. The second-order valence-electron chi connectivity index (χ2n) is 7.35. The third-order valence-corrected chi connectivity index (χ3v) is 5.30. The van der Waals surface area contributed by atoms with Gasteiger partial charge in [-0.1, -0.05) is 36.4 Å². The maximum absolute atomic E-state index is 15.0. The lowest BCUT2D eigenvalue weighted by molar-refractivity contribution is 0.413. The summed E-state index contributed by atoms with van der Waals surface area (Å²) in [5.41, 5.74) is 4.82. The van der Waals surface area contributed by atoms with E-state index in [1.807, 2.05) is 34.9 Å². The van der Waals surface area contributed by atoms with Crippen LogP contribution < -0.4 is 4.74 Å². The number of nitrogens with one attached hydrogen (secondary N) is 1. The summed E-state index contributed by atoms with van der Waals surface area (Å²) < 4.78 is 22.4. The van der Waals surface area contributed by atoms with Crippen LogP contribution in [0.4, 0.5) is 4.39 Å². The predicted octanol–water partition coefficient (Wildman–Crippen LogP) is 5.01. The Morgan fingerprint density at radius 1 is 1.14 bits per heavy atom. The lowest BCUT2D eigenvalue weighted by atomic mass is 10.0. The lowest BCUT2D eigenvalue weighted by Crippen LogP contribution is -2.04. The van der Waals surface area contributed by atoms with E-state index in [1.54, 1.807) is 25.6 Å². The molecule has 5 nitrogen and oxygen atoms in total. The highest BCUT2D eigenvalue weighted by molar-refractivity contribution is 5.82. The van der Waals surface area contributed by atoms with Gasteiger partial charge in [-0.3, -0.25) is 5.10 Å². The van der Waals surface area contributed by atoms with Crippen LogP contribution in [0.3, 0.4) is 0 Å². The summed E-state index contributed by atoms with van der Waals surface area (Å²) in [7, 11) is 1.55. The molecule has 1 fully saturated rings. The largest absolute Gasteiger partial charge is 0.496 e. The number of hydrogen-bond donors (Lipinski definition) is 1. The molecule has 0 bridgehead atoms. The number of aromatic amines is 1. The highest BCUT2D eigenvalue weighted by Gasteiger charge is 2.27. The zero-order valence-electron chi connectivity index (χ0n) is 16.1. The lowest BCUT2D eigenvalue weighted by Gasteiger charge is -2.14. The van der Waals surface area contributed by atoms with Crippen LogP contribution in [0.15, 0.2) is 60.9 Å². The van der Waals surface area contributed by atoms with Crippen molar-refractivity contribution in [3.63, 3.8) is 0 Å². The third kappa shape index (κ3) is 3.31. The number of rotatable bonds is 6. The SMILES string of the molecule is COc1cccc(F)c1-c1c(-c2ccccc2)ncn1Cc1cc(C2CC2)n[nH]1. The van der Waals surface area contributed by atoms with E-state index in [1.165, 1.54) is 18.9 Å². The van der Waals surface area contributed by atoms with E-state index in [2.05, 4.69) is 21.2 Å².